The van der Waals surface area contributed by atoms with Crippen LogP contribution in [0, 0.1) is 0 Å². The predicted molar refractivity (Wildman–Crippen MR) is 92.2 cm³/mol. The van der Waals surface area contributed by atoms with Gasteiger partial charge in [0.05, 0.1) is 22.1 Å². The van der Waals surface area contributed by atoms with Gasteiger partial charge >= 0.3 is 0 Å². The minimum absolute atomic E-state index is 0.279. The molecular weight excluding hydrogens is 330 g/mol. The number of aromatic amines is 1. The molecule has 0 bridgehead atoms. The average Bonchev–Trinajstić information content (AvgIpc) is 3.18. The third-order valence-corrected chi connectivity index (χ3v) is 5.83. The molecule has 1 saturated heterocycles. The second kappa shape index (κ2) is 6.37. The zero-order valence-corrected chi connectivity index (χ0v) is 14.2. The predicted octanol–water partition coefficient (Wildman–Crippen LogP) is 2.71. The number of piperidine rings is 1. The molecule has 3 aromatic rings. The monoisotopic (exact) mass is 347 g/mol. The van der Waals surface area contributed by atoms with Crippen molar-refractivity contribution in [2.24, 2.45) is 0 Å². The van der Waals surface area contributed by atoms with Crippen molar-refractivity contribution in [2.45, 2.75) is 30.2 Å². The Morgan fingerprint density at radius 3 is 2.91 bits per heavy atom. The summed E-state index contributed by atoms with van der Waals surface area (Å²) < 4.78 is 12.5. The Labute approximate surface area is 140 Å². The number of hydrogen-bond acceptors (Lipinski definition) is 6. The molecule has 0 radical (unpaired) electrons. The Kier molecular flexibility index (Phi) is 4.09. The molecular formula is C15H17N5OS2. The summed E-state index contributed by atoms with van der Waals surface area (Å²) in [5.41, 5.74) is 1.79. The molecule has 1 N–H and O–H groups in total. The van der Waals surface area contributed by atoms with E-state index in [1.807, 2.05) is 16.8 Å². The van der Waals surface area contributed by atoms with Crippen molar-refractivity contribution in [1.82, 2.24) is 19.9 Å². The number of anilines is 1. The van der Waals surface area contributed by atoms with Gasteiger partial charge in [-0.2, -0.15) is 0 Å². The third-order valence-electron chi connectivity index (χ3n) is 3.95. The van der Waals surface area contributed by atoms with Crippen LogP contribution in [0.15, 0.2) is 28.2 Å². The minimum atomic E-state index is -1.26. The van der Waals surface area contributed by atoms with Gasteiger partial charge < -0.3 is 9.88 Å². The fourth-order valence-electron chi connectivity index (χ4n) is 2.77. The summed E-state index contributed by atoms with van der Waals surface area (Å²) in [5.74, 6) is 1.82. The first-order valence-corrected chi connectivity index (χ1v) is 9.93. The molecule has 1 aliphatic heterocycles. The molecule has 0 amide bonds. The first-order valence-electron chi connectivity index (χ1n) is 7.67. The standard InChI is InChI=1S/C15H17N5OS2/c21-23(15-17-11-8-22-9-12(11)18-15)10-13-16-5-4-14(19-13)20-6-2-1-3-7-20/h4-5,8-9H,1-3,6-7,10H2,(H,17,18). The van der Waals surface area contributed by atoms with Crippen LogP contribution >= 0.6 is 11.3 Å². The number of nitrogens with zero attached hydrogens (tertiary/aromatic N) is 4. The highest BCUT2D eigenvalue weighted by Gasteiger charge is 2.16. The summed E-state index contributed by atoms with van der Waals surface area (Å²) in [6.07, 6.45) is 5.44. The van der Waals surface area contributed by atoms with E-state index in [-0.39, 0.29) is 5.75 Å². The van der Waals surface area contributed by atoms with Crippen LogP contribution in [0.5, 0.6) is 0 Å². The molecule has 0 spiro atoms. The molecule has 1 fully saturated rings. The second-order valence-electron chi connectivity index (χ2n) is 5.58. The summed E-state index contributed by atoms with van der Waals surface area (Å²) in [5, 5.41) is 4.41. The lowest BCUT2D eigenvalue weighted by Gasteiger charge is -2.27. The number of thiophene rings is 1. The maximum Gasteiger partial charge on any atom is 0.197 e. The van der Waals surface area contributed by atoms with E-state index in [0.29, 0.717) is 11.0 Å². The quantitative estimate of drug-likeness (QED) is 0.785. The average molecular weight is 347 g/mol. The highest BCUT2D eigenvalue weighted by molar-refractivity contribution is 7.84. The van der Waals surface area contributed by atoms with Gasteiger partial charge in [0.2, 0.25) is 0 Å². The number of fused-ring (bicyclic) bond motifs is 1. The van der Waals surface area contributed by atoms with Crippen LogP contribution in [0.3, 0.4) is 0 Å². The van der Waals surface area contributed by atoms with E-state index < -0.39 is 10.8 Å². The first-order chi connectivity index (χ1) is 11.3. The van der Waals surface area contributed by atoms with Crippen molar-refractivity contribution in [1.29, 1.82) is 0 Å². The Morgan fingerprint density at radius 2 is 2.09 bits per heavy atom. The van der Waals surface area contributed by atoms with E-state index in [1.165, 1.54) is 19.3 Å². The maximum atomic E-state index is 12.5. The van der Waals surface area contributed by atoms with Gasteiger partial charge in [-0.05, 0) is 25.3 Å². The molecule has 0 aromatic carbocycles. The van der Waals surface area contributed by atoms with Crippen LogP contribution < -0.4 is 4.90 Å². The van der Waals surface area contributed by atoms with Crippen molar-refractivity contribution in [2.75, 3.05) is 18.0 Å². The van der Waals surface area contributed by atoms with Gasteiger partial charge in [-0.25, -0.2) is 15.0 Å². The molecule has 3 aromatic heterocycles. The summed E-state index contributed by atoms with van der Waals surface area (Å²) in [6, 6.07) is 1.93. The topological polar surface area (TPSA) is 74.8 Å². The van der Waals surface area contributed by atoms with Gasteiger partial charge in [0.1, 0.15) is 17.2 Å². The lowest BCUT2D eigenvalue weighted by Crippen LogP contribution is -2.30. The van der Waals surface area contributed by atoms with Crippen LogP contribution in [0.1, 0.15) is 25.1 Å². The van der Waals surface area contributed by atoms with Crippen LogP contribution in [-0.4, -0.2) is 37.2 Å². The summed E-state index contributed by atoms with van der Waals surface area (Å²) in [6.45, 7) is 2.07. The van der Waals surface area contributed by atoms with E-state index in [0.717, 1.165) is 29.9 Å². The van der Waals surface area contributed by atoms with Crippen molar-refractivity contribution in [3.63, 3.8) is 0 Å². The number of nitrogens with one attached hydrogen (secondary N) is 1. The smallest absolute Gasteiger partial charge is 0.197 e. The van der Waals surface area contributed by atoms with Crippen LogP contribution in [0.4, 0.5) is 5.82 Å². The number of H-pyrrole nitrogens is 1. The lowest BCUT2D eigenvalue weighted by molar-refractivity contribution is 0.572. The molecule has 1 atom stereocenters. The normalized spacial score (nSPS) is 16.8. The van der Waals surface area contributed by atoms with Gasteiger partial charge in [-0.3, -0.25) is 4.21 Å². The molecule has 0 aliphatic carbocycles. The highest BCUT2D eigenvalue weighted by atomic mass is 32.2. The van der Waals surface area contributed by atoms with Gasteiger partial charge in [-0.15, -0.1) is 11.3 Å². The van der Waals surface area contributed by atoms with Crippen molar-refractivity contribution in [3.8, 4) is 0 Å². The summed E-state index contributed by atoms with van der Waals surface area (Å²) in [7, 11) is -1.26. The third kappa shape index (κ3) is 3.13. The zero-order valence-electron chi connectivity index (χ0n) is 12.6. The first kappa shape index (κ1) is 14.8. The molecule has 1 aliphatic rings. The van der Waals surface area contributed by atoms with E-state index in [2.05, 4.69) is 24.8 Å². The van der Waals surface area contributed by atoms with Gasteiger partial charge in [0.25, 0.3) is 0 Å². The summed E-state index contributed by atoms with van der Waals surface area (Å²) >= 11 is 1.58. The highest BCUT2D eigenvalue weighted by Crippen LogP contribution is 2.20. The second-order valence-corrected chi connectivity index (χ2v) is 7.69. The Hall–Kier alpha value is -1.80. The Bertz CT molecular complexity index is 809. The van der Waals surface area contributed by atoms with Gasteiger partial charge in [0.15, 0.2) is 5.16 Å². The SMILES string of the molecule is O=S(Cc1nccc(N2CCCCC2)n1)c1nc2cscc2[nH]1. The lowest BCUT2D eigenvalue weighted by atomic mass is 10.1. The van der Waals surface area contributed by atoms with Crippen LogP contribution in [0.25, 0.3) is 11.0 Å². The number of rotatable bonds is 4. The van der Waals surface area contributed by atoms with Crippen molar-refractivity contribution >= 4 is 39.0 Å². The van der Waals surface area contributed by atoms with Crippen LogP contribution in [-0.2, 0) is 16.6 Å². The molecule has 120 valence electrons. The minimum Gasteiger partial charge on any atom is -0.357 e. The fraction of sp³-hybridized carbons (Fsp3) is 0.400. The van der Waals surface area contributed by atoms with Crippen molar-refractivity contribution in [3.05, 3.63) is 28.8 Å². The maximum absolute atomic E-state index is 12.5. The van der Waals surface area contributed by atoms with Crippen molar-refractivity contribution < 1.29 is 4.21 Å². The molecule has 0 saturated carbocycles. The van der Waals surface area contributed by atoms with E-state index in [4.69, 9.17) is 0 Å². The van der Waals surface area contributed by atoms with Crippen LogP contribution in [0.2, 0.25) is 0 Å². The molecule has 6 nitrogen and oxygen atoms in total. The fourth-order valence-corrected chi connectivity index (χ4v) is 4.40. The Balaban J connectivity index is 1.51. The van der Waals surface area contributed by atoms with E-state index in [9.17, 15) is 4.21 Å². The van der Waals surface area contributed by atoms with E-state index >= 15 is 0 Å². The number of hydrogen-bond donors (Lipinski definition) is 1. The van der Waals surface area contributed by atoms with Gasteiger partial charge in [0, 0.05) is 30.0 Å². The molecule has 8 heteroatoms. The number of aromatic nitrogens is 4. The summed E-state index contributed by atoms with van der Waals surface area (Å²) in [4.78, 5) is 18.6. The molecule has 4 heterocycles. The molecule has 1 unspecified atom stereocenters. The molecule has 4 rings (SSSR count). The largest absolute Gasteiger partial charge is 0.357 e. The number of imidazole rings is 1. The zero-order chi connectivity index (χ0) is 15.6. The van der Waals surface area contributed by atoms with Gasteiger partial charge in [-0.1, -0.05) is 0 Å². The van der Waals surface area contributed by atoms with E-state index in [1.54, 1.807) is 17.5 Å². The molecule has 23 heavy (non-hydrogen) atoms. The Morgan fingerprint density at radius 1 is 1.22 bits per heavy atom.